The van der Waals surface area contributed by atoms with Gasteiger partial charge in [-0.25, -0.2) is 4.39 Å². The molecular weight excluding hydrogens is 265 g/mol. The molecule has 0 spiro atoms. The molecule has 0 aliphatic heterocycles. The number of aromatic nitrogens is 1. The third-order valence-corrected chi connectivity index (χ3v) is 3.50. The van der Waals surface area contributed by atoms with Crippen molar-refractivity contribution in [3.8, 4) is 0 Å². The van der Waals surface area contributed by atoms with Gasteiger partial charge in [-0.1, -0.05) is 18.2 Å². The summed E-state index contributed by atoms with van der Waals surface area (Å²) in [5, 5.41) is 0.990. The van der Waals surface area contributed by atoms with Gasteiger partial charge in [0.1, 0.15) is 5.82 Å². The molecule has 0 saturated carbocycles. The molecule has 21 heavy (non-hydrogen) atoms. The van der Waals surface area contributed by atoms with E-state index in [4.69, 9.17) is 5.73 Å². The number of nitrogens with two attached hydrogens (primary N) is 1. The van der Waals surface area contributed by atoms with Crippen LogP contribution in [0, 0.1) is 5.82 Å². The first kappa shape index (κ1) is 13.4. The van der Waals surface area contributed by atoms with Gasteiger partial charge in [-0.05, 0) is 37.3 Å². The number of pyridine rings is 1. The minimum absolute atomic E-state index is 0.248. The summed E-state index contributed by atoms with van der Waals surface area (Å²) in [6.07, 6.45) is 1.67. The first-order valence-electron chi connectivity index (χ1n) is 6.87. The van der Waals surface area contributed by atoms with Crippen LogP contribution in [-0.4, -0.2) is 11.5 Å². The predicted octanol–water partition coefficient (Wildman–Crippen LogP) is 4.11. The van der Waals surface area contributed by atoms with Crippen molar-refractivity contribution in [1.82, 2.24) is 4.98 Å². The van der Waals surface area contributed by atoms with Crippen LogP contribution in [0.3, 0.4) is 0 Å². The Morgan fingerprint density at radius 3 is 2.52 bits per heavy atom. The molecule has 0 bridgehead atoms. The Bertz CT molecular complexity index is 769. The highest BCUT2D eigenvalue weighted by Gasteiger charge is 2.14. The van der Waals surface area contributed by atoms with Crippen LogP contribution in [0.5, 0.6) is 0 Å². The monoisotopic (exact) mass is 281 g/mol. The van der Waals surface area contributed by atoms with Crippen LogP contribution in [0.2, 0.25) is 0 Å². The Hall–Kier alpha value is -2.62. The summed E-state index contributed by atoms with van der Waals surface area (Å²) in [5.74, 6) is -0.248. The molecule has 3 nitrogen and oxygen atoms in total. The molecular formula is C17H16FN3. The Kier molecular flexibility index (Phi) is 3.44. The van der Waals surface area contributed by atoms with Gasteiger partial charge in [-0.2, -0.15) is 0 Å². The van der Waals surface area contributed by atoms with Gasteiger partial charge in [0, 0.05) is 17.6 Å². The molecule has 1 heterocycles. The molecule has 0 unspecified atom stereocenters. The largest absolute Gasteiger partial charge is 0.396 e. The van der Waals surface area contributed by atoms with Gasteiger partial charge >= 0.3 is 0 Å². The zero-order valence-electron chi connectivity index (χ0n) is 11.8. The van der Waals surface area contributed by atoms with Crippen LogP contribution in [0.4, 0.5) is 21.5 Å². The summed E-state index contributed by atoms with van der Waals surface area (Å²) in [6, 6.07) is 14.3. The van der Waals surface area contributed by atoms with Crippen LogP contribution in [0.1, 0.15) is 6.92 Å². The molecule has 2 aromatic carbocycles. The summed E-state index contributed by atoms with van der Waals surface area (Å²) in [5.41, 5.74) is 9.47. The van der Waals surface area contributed by atoms with Crippen molar-refractivity contribution >= 4 is 28.0 Å². The Balaban J connectivity index is 2.21. The van der Waals surface area contributed by atoms with Crippen molar-refractivity contribution in [2.24, 2.45) is 0 Å². The quantitative estimate of drug-likeness (QED) is 0.785. The molecule has 0 fully saturated rings. The fourth-order valence-corrected chi connectivity index (χ4v) is 2.53. The minimum atomic E-state index is -0.248. The average Bonchev–Trinajstić information content (AvgIpc) is 2.52. The van der Waals surface area contributed by atoms with E-state index in [0.717, 1.165) is 28.8 Å². The van der Waals surface area contributed by atoms with E-state index in [1.807, 2.05) is 31.2 Å². The number of benzene rings is 2. The average molecular weight is 281 g/mol. The normalized spacial score (nSPS) is 10.8. The molecule has 4 heteroatoms. The molecule has 3 rings (SSSR count). The van der Waals surface area contributed by atoms with E-state index in [1.165, 1.54) is 12.1 Å². The topological polar surface area (TPSA) is 42.1 Å². The number of halogens is 1. The summed E-state index contributed by atoms with van der Waals surface area (Å²) in [4.78, 5) is 6.42. The molecule has 2 N–H and O–H groups in total. The Labute approximate surface area is 122 Å². The standard InChI is InChI=1S/C17H16FN3/c1-2-21(13-9-7-12(18)8-10-13)17-14-5-3-4-6-16(14)20-11-15(17)19/h3-11H,2,19H2,1H3. The van der Waals surface area contributed by atoms with E-state index in [-0.39, 0.29) is 5.82 Å². The van der Waals surface area contributed by atoms with Gasteiger partial charge in [0.2, 0.25) is 0 Å². The smallest absolute Gasteiger partial charge is 0.123 e. The van der Waals surface area contributed by atoms with Crippen molar-refractivity contribution < 1.29 is 4.39 Å². The van der Waals surface area contributed by atoms with E-state index in [1.54, 1.807) is 18.3 Å². The zero-order chi connectivity index (χ0) is 14.8. The SMILES string of the molecule is CCN(c1ccc(F)cc1)c1c(N)cnc2ccccc12. The second-order valence-corrected chi connectivity index (χ2v) is 4.80. The van der Waals surface area contributed by atoms with Gasteiger partial charge in [-0.15, -0.1) is 0 Å². The Morgan fingerprint density at radius 2 is 1.81 bits per heavy atom. The number of hydrogen-bond donors (Lipinski definition) is 1. The molecule has 0 saturated heterocycles. The lowest BCUT2D eigenvalue weighted by molar-refractivity contribution is 0.628. The van der Waals surface area contributed by atoms with Crippen LogP contribution in [-0.2, 0) is 0 Å². The van der Waals surface area contributed by atoms with Crippen LogP contribution < -0.4 is 10.6 Å². The highest BCUT2D eigenvalue weighted by atomic mass is 19.1. The molecule has 0 atom stereocenters. The van der Waals surface area contributed by atoms with Gasteiger partial charge in [0.15, 0.2) is 0 Å². The highest BCUT2D eigenvalue weighted by molar-refractivity contribution is 5.99. The fourth-order valence-electron chi connectivity index (χ4n) is 2.53. The first-order valence-corrected chi connectivity index (χ1v) is 6.87. The van der Waals surface area contributed by atoms with Gasteiger partial charge in [0.05, 0.1) is 23.1 Å². The molecule has 0 amide bonds. The number of rotatable bonds is 3. The van der Waals surface area contributed by atoms with Crippen molar-refractivity contribution in [1.29, 1.82) is 0 Å². The van der Waals surface area contributed by atoms with Gasteiger partial charge in [-0.3, -0.25) is 4.98 Å². The van der Waals surface area contributed by atoms with E-state index in [0.29, 0.717) is 5.69 Å². The lowest BCUT2D eigenvalue weighted by Gasteiger charge is -2.26. The summed E-state index contributed by atoms with van der Waals surface area (Å²) >= 11 is 0. The summed E-state index contributed by atoms with van der Waals surface area (Å²) < 4.78 is 13.1. The van der Waals surface area contributed by atoms with Crippen LogP contribution in [0.15, 0.2) is 54.7 Å². The van der Waals surface area contributed by atoms with E-state index in [2.05, 4.69) is 9.88 Å². The number of nitrogen functional groups attached to an aromatic ring is 1. The first-order chi connectivity index (χ1) is 10.2. The maximum Gasteiger partial charge on any atom is 0.123 e. The zero-order valence-corrected chi connectivity index (χ0v) is 11.8. The molecule has 0 aliphatic carbocycles. The highest BCUT2D eigenvalue weighted by Crippen LogP contribution is 2.35. The third-order valence-electron chi connectivity index (χ3n) is 3.50. The maximum atomic E-state index is 13.1. The minimum Gasteiger partial charge on any atom is -0.396 e. The van der Waals surface area contributed by atoms with Crippen molar-refractivity contribution in [2.75, 3.05) is 17.2 Å². The van der Waals surface area contributed by atoms with E-state index in [9.17, 15) is 4.39 Å². The van der Waals surface area contributed by atoms with Crippen LogP contribution in [0.25, 0.3) is 10.9 Å². The number of fused-ring (bicyclic) bond motifs is 1. The number of anilines is 3. The van der Waals surface area contributed by atoms with E-state index < -0.39 is 0 Å². The van der Waals surface area contributed by atoms with Crippen molar-refractivity contribution in [3.05, 3.63) is 60.5 Å². The second kappa shape index (κ2) is 5.40. The predicted molar refractivity (Wildman–Crippen MR) is 85.2 cm³/mol. The molecule has 1 aromatic heterocycles. The van der Waals surface area contributed by atoms with E-state index >= 15 is 0 Å². The molecule has 3 aromatic rings. The summed E-state index contributed by atoms with van der Waals surface area (Å²) in [6.45, 7) is 2.77. The summed E-state index contributed by atoms with van der Waals surface area (Å²) in [7, 11) is 0. The Morgan fingerprint density at radius 1 is 1.10 bits per heavy atom. The molecule has 0 radical (unpaired) electrons. The fraction of sp³-hybridized carbons (Fsp3) is 0.118. The lowest BCUT2D eigenvalue weighted by atomic mass is 10.1. The van der Waals surface area contributed by atoms with Crippen LogP contribution >= 0.6 is 0 Å². The second-order valence-electron chi connectivity index (χ2n) is 4.80. The third kappa shape index (κ3) is 2.40. The molecule has 106 valence electrons. The van der Waals surface area contributed by atoms with Crippen molar-refractivity contribution in [2.45, 2.75) is 6.92 Å². The van der Waals surface area contributed by atoms with Gasteiger partial charge < -0.3 is 10.6 Å². The van der Waals surface area contributed by atoms with Gasteiger partial charge in [0.25, 0.3) is 0 Å². The maximum absolute atomic E-state index is 13.1. The number of para-hydroxylation sites is 1. The number of nitrogens with zero attached hydrogens (tertiary/aromatic N) is 2. The van der Waals surface area contributed by atoms with Crippen molar-refractivity contribution in [3.63, 3.8) is 0 Å². The lowest BCUT2D eigenvalue weighted by Crippen LogP contribution is -2.18. The molecule has 0 aliphatic rings. The number of hydrogen-bond acceptors (Lipinski definition) is 3.